The van der Waals surface area contributed by atoms with Crippen molar-refractivity contribution in [2.24, 2.45) is 0 Å². The van der Waals surface area contributed by atoms with Crippen molar-refractivity contribution in [1.29, 1.82) is 0 Å². The lowest BCUT2D eigenvalue weighted by Gasteiger charge is -2.10. The Balaban J connectivity index is 1.91. The first-order valence-electron chi connectivity index (χ1n) is 7.46. The van der Waals surface area contributed by atoms with Crippen molar-refractivity contribution in [3.8, 4) is 22.9 Å². The summed E-state index contributed by atoms with van der Waals surface area (Å²) in [7, 11) is -0.916. The zero-order valence-corrected chi connectivity index (χ0v) is 16.4. The SMILES string of the molecule is COc1ccc(OC)c(S(=O)(=O)Cc2nc(-c3cccc(Br)c3)no2)c1. The molecular weight excluding hydrogens is 424 g/mol. The molecule has 2 aromatic carbocycles. The summed E-state index contributed by atoms with van der Waals surface area (Å²) in [6.45, 7) is 0. The first kappa shape index (κ1) is 18.4. The minimum atomic E-state index is -3.78. The van der Waals surface area contributed by atoms with Crippen LogP contribution in [0.25, 0.3) is 11.4 Å². The van der Waals surface area contributed by atoms with Gasteiger partial charge in [0.15, 0.2) is 9.84 Å². The Morgan fingerprint density at radius 2 is 1.92 bits per heavy atom. The van der Waals surface area contributed by atoms with E-state index in [9.17, 15) is 8.42 Å². The van der Waals surface area contributed by atoms with E-state index < -0.39 is 15.6 Å². The first-order chi connectivity index (χ1) is 12.4. The molecule has 136 valence electrons. The highest BCUT2D eigenvalue weighted by molar-refractivity contribution is 9.10. The fraction of sp³-hybridized carbons (Fsp3) is 0.176. The second-order valence-corrected chi connectivity index (χ2v) is 8.17. The molecule has 9 heteroatoms. The van der Waals surface area contributed by atoms with Gasteiger partial charge in [0.05, 0.1) is 14.2 Å². The van der Waals surface area contributed by atoms with E-state index in [1.165, 1.54) is 26.4 Å². The Kier molecular flexibility index (Phi) is 5.28. The first-order valence-corrected chi connectivity index (χ1v) is 9.91. The number of benzene rings is 2. The Labute approximate surface area is 159 Å². The van der Waals surface area contributed by atoms with Crippen LogP contribution < -0.4 is 9.47 Å². The predicted octanol–water partition coefficient (Wildman–Crippen LogP) is 3.49. The average molecular weight is 439 g/mol. The number of hydrogen-bond donors (Lipinski definition) is 0. The summed E-state index contributed by atoms with van der Waals surface area (Å²) in [6, 6.07) is 11.9. The minimum absolute atomic E-state index is 0.00144. The van der Waals surface area contributed by atoms with Gasteiger partial charge < -0.3 is 14.0 Å². The molecule has 0 N–H and O–H groups in total. The number of nitrogens with zero attached hydrogens (tertiary/aromatic N) is 2. The Morgan fingerprint density at radius 1 is 1.12 bits per heavy atom. The molecule has 0 aliphatic carbocycles. The number of halogens is 1. The van der Waals surface area contributed by atoms with E-state index in [4.69, 9.17) is 14.0 Å². The highest BCUT2D eigenvalue weighted by Crippen LogP contribution is 2.30. The molecule has 0 amide bonds. The van der Waals surface area contributed by atoms with Crippen LogP contribution in [0.15, 0.2) is 56.4 Å². The molecule has 26 heavy (non-hydrogen) atoms. The molecule has 0 saturated heterocycles. The van der Waals surface area contributed by atoms with Gasteiger partial charge >= 0.3 is 0 Å². The van der Waals surface area contributed by atoms with Crippen LogP contribution in [0.3, 0.4) is 0 Å². The van der Waals surface area contributed by atoms with Crippen molar-refractivity contribution in [3.63, 3.8) is 0 Å². The summed E-state index contributed by atoms with van der Waals surface area (Å²) < 4.78 is 41.8. The van der Waals surface area contributed by atoms with Gasteiger partial charge in [-0.2, -0.15) is 4.98 Å². The molecule has 1 heterocycles. The maximum Gasteiger partial charge on any atom is 0.242 e. The lowest BCUT2D eigenvalue weighted by molar-refractivity contribution is 0.386. The molecule has 0 fully saturated rings. The van der Waals surface area contributed by atoms with Gasteiger partial charge in [0, 0.05) is 16.1 Å². The smallest absolute Gasteiger partial charge is 0.242 e. The predicted molar refractivity (Wildman–Crippen MR) is 97.9 cm³/mol. The van der Waals surface area contributed by atoms with E-state index in [1.54, 1.807) is 12.1 Å². The molecular formula is C17H15BrN2O5S. The zero-order chi connectivity index (χ0) is 18.7. The maximum absolute atomic E-state index is 12.8. The molecule has 7 nitrogen and oxygen atoms in total. The third-order valence-electron chi connectivity index (χ3n) is 3.57. The largest absolute Gasteiger partial charge is 0.497 e. The second kappa shape index (κ2) is 7.46. The van der Waals surface area contributed by atoms with Crippen LogP contribution in [-0.4, -0.2) is 32.8 Å². The monoisotopic (exact) mass is 438 g/mol. The Bertz CT molecular complexity index is 1030. The van der Waals surface area contributed by atoms with Gasteiger partial charge in [-0.05, 0) is 24.3 Å². The summed E-state index contributed by atoms with van der Waals surface area (Å²) >= 11 is 3.37. The van der Waals surface area contributed by atoms with Crippen molar-refractivity contribution in [2.45, 2.75) is 10.6 Å². The van der Waals surface area contributed by atoms with Crippen LogP contribution in [-0.2, 0) is 15.6 Å². The number of aromatic nitrogens is 2. The summed E-state index contributed by atoms with van der Waals surface area (Å²) in [5.41, 5.74) is 0.714. The molecule has 0 bridgehead atoms. The van der Waals surface area contributed by atoms with E-state index in [2.05, 4.69) is 26.1 Å². The van der Waals surface area contributed by atoms with E-state index in [1.807, 2.05) is 18.2 Å². The number of ether oxygens (including phenoxy) is 2. The third kappa shape index (κ3) is 3.88. The van der Waals surface area contributed by atoms with Gasteiger partial charge in [0.2, 0.25) is 11.7 Å². The number of methoxy groups -OCH3 is 2. The van der Waals surface area contributed by atoms with Gasteiger partial charge in [0.25, 0.3) is 0 Å². The molecule has 1 aromatic heterocycles. The highest BCUT2D eigenvalue weighted by Gasteiger charge is 2.24. The molecule has 0 aliphatic rings. The molecule has 0 spiro atoms. The van der Waals surface area contributed by atoms with Crippen LogP contribution in [0.1, 0.15) is 5.89 Å². The molecule has 0 atom stereocenters. The zero-order valence-electron chi connectivity index (χ0n) is 14.0. The quantitative estimate of drug-likeness (QED) is 0.581. The fourth-order valence-corrected chi connectivity index (χ4v) is 4.08. The third-order valence-corrected chi connectivity index (χ3v) is 5.68. The molecule has 0 aliphatic heterocycles. The van der Waals surface area contributed by atoms with Crippen LogP contribution in [0.2, 0.25) is 0 Å². The van der Waals surface area contributed by atoms with Crippen molar-refractivity contribution in [3.05, 3.63) is 52.8 Å². The van der Waals surface area contributed by atoms with E-state index in [0.717, 1.165) is 4.47 Å². The Hall–Kier alpha value is -2.39. The average Bonchev–Trinajstić information content (AvgIpc) is 3.09. The lowest BCUT2D eigenvalue weighted by atomic mass is 10.2. The molecule has 3 rings (SSSR count). The van der Waals surface area contributed by atoms with Gasteiger partial charge in [-0.15, -0.1) is 0 Å². The standard InChI is InChI=1S/C17H15BrN2O5S/c1-23-13-6-7-14(24-2)15(9-13)26(21,22)10-16-19-17(20-25-16)11-4-3-5-12(18)8-11/h3-9H,10H2,1-2H3. The van der Waals surface area contributed by atoms with E-state index >= 15 is 0 Å². The fourth-order valence-electron chi connectivity index (χ4n) is 2.33. The van der Waals surface area contributed by atoms with Crippen molar-refractivity contribution >= 4 is 25.8 Å². The maximum atomic E-state index is 12.8. The van der Waals surface area contributed by atoms with Crippen LogP contribution >= 0.6 is 15.9 Å². The van der Waals surface area contributed by atoms with Crippen molar-refractivity contribution in [2.75, 3.05) is 14.2 Å². The lowest BCUT2D eigenvalue weighted by Crippen LogP contribution is -2.07. The second-order valence-electron chi connectivity index (χ2n) is 5.30. The van der Waals surface area contributed by atoms with Crippen molar-refractivity contribution < 1.29 is 22.4 Å². The minimum Gasteiger partial charge on any atom is -0.497 e. The summed E-state index contributed by atoms with van der Waals surface area (Å²) in [5, 5.41) is 3.85. The van der Waals surface area contributed by atoms with Crippen molar-refractivity contribution in [1.82, 2.24) is 10.1 Å². The van der Waals surface area contributed by atoms with Gasteiger partial charge in [-0.25, -0.2) is 8.42 Å². The normalized spacial score (nSPS) is 11.3. The van der Waals surface area contributed by atoms with Crippen LogP contribution in [0, 0.1) is 0 Å². The number of sulfone groups is 1. The molecule has 0 radical (unpaired) electrons. The van der Waals surface area contributed by atoms with Crippen LogP contribution in [0.4, 0.5) is 0 Å². The highest BCUT2D eigenvalue weighted by atomic mass is 79.9. The summed E-state index contributed by atoms with van der Waals surface area (Å²) in [4.78, 5) is 4.18. The van der Waals surface area contributed by atoms with Gasteiger partial charge in [-0.1, -0.05) is 33.2 Å². The van der Waals surface area contributed by atoms with Gasteiger partial charge in [0.1, 0.15) is 22.1 Å². The van der Waals surface area contributed by atoms with Crippen LogP contribution in [0.5, 0.6) is 11.5 Å². The molecule has 0 unspecified atom stereocenters. The number of hydrogen-bond acceptors (Lipinski definition) is 7. The molecule has 3 aromatic rings. The molecule has 0 saturated carbocycles. The van der Waals surface area contributed by atoms with E-state index in [-0.39, 0.29) is 16.5 Å². The van der Waals surface area contributed by atoms with E-state index in [0.29, 0.717) is 17.1 Å². The Morgan fingerprint density at radius 3 is 2.62 bits per heavy atom. The topological polar surface area (TPSA) is 91.5 Å². The summed E-state index contributed by atoms with van der Waals surface area (Å²) in [5.74, 6) is 0.485. The summed E-state index contributed by atoms with van der Waals surface area (Å²) in [6.07, 6.45) is 0. The number of rotatable bonds is 6. The van der Waals surface area contributed by atoms with Gasteiger partial charge in [-0.3, -0.25) is 0 Å².